The van der Waals surface area contributed by atoms with Gasteiger partial charge in [-0.2, -0.15) is 26.3 Å². The number of aryl methyl sites for hydroxylation is 1. The van der Waals surface area contributed by atoms with Gasteiger partial charge in [0.1, 0.15) is 0 Å². The van der Waals surface area contributed by atoms with Crippen LogP contribution in [0.5, 0.6) is 0 Å². The molecule has 1 aromatic rings. The van der Waals surface area contributed by atoms with Crippen molar-refractivity contribution in [3.63, 3.8) is 0 Å². The first-order valence-corrected chi connectivity index (χ1v) is 5.82. The van der Waals surface area contributed by atoms with Crippen LogP contribution in [0.1, 0.15) is 25.1 Å². The number of alkyl halides is 6. The fourth-order valence-electron chi connectivity index (χ4n) is 1.94. The maximum atomic E-state index is 12.8. The van der Waals surface area contributed by atoms with Crippen molar-refractivity contribution in [2.45, 2.75) is 38.3 Å². The molecule has 1 atom stereocenters. The number of hydrogen-bond acceptors (Lipinski definition) is 3. The van der Waals surface area contributed by atoms with Gasteiger partial charge in [0.2, 0.25) is 0 Å². The van der Waals surface area contributed by atoms with Crippen molar-refractivity contribution in [1.82, 2.24) is 20.3 Å². The Morgan fingerprint density at radius 1 is 1.20 bits per heavy atom. The molecule has 0 aliphatic rings. The average Bonchev–Trinajstić information content (AvgIpc) is 2.70. The monoisotopic (exact) mass is 304 g/mol. The quantitative estimate of drug-likeness (QED) is 0.851. The Hall–Kier alpha value is -1.32. The third-order valence-corrected chi connectivity index (χ3v) is 2.75. The summed E-state index contributed by atoms with van der Waals surface area (Å²) in [5.41, 5.74) is -0.242. The van der Waals surface area contributed by atoms with Gasteiger partial charge in [0.25, 0.3) is 0 Å². The van der Waals surface area contributed by atoms with Crippen LogP contribution in [0, 0.1) is 5.92 Å². The zero-order valence-corrected chi connectivity index (χ0v) is 10.8. The maximum Gasteiger partial charge on any atom is 0.402 e. The second kappa shape index (κ2) is 5.98. The zero-order chi connectivity index (χ0) is 15.6. The molecule has 0 radical (unpaired) electrons. The molecule has 0 saturated heterocycles. The van der Waals surface area contributed by atoms with Gasteiger partial charge in [0.05, 0.1) is 17.9 Å². The normalized spacial score (nSPS) is 14.8. The highest BCUT2D eigenvalue weighted by Gasteiger charge is 2.60. The molecule has 1 N–H and O–H groups in total. The minimum Gasteiger partial charge on any atom is -0.311 e. The van der Waals surface area contributed by atoms with E-state index in [-0.39, 0.29) is 12.2 Å². The van der Waals surface area contributed by atoms with Gasteiger partial charge < -0.3 is 5.32 Å². The van der Waals surface area contributed by atoms with Crippen molar-refractivity contribution in [1.29, 1.82) is 0 Å². The standard InChI is InChI=1S/C10H14F6N4/c1-3-4-20-6(5-18-19-20)7(17-2)8(9(11,12)13)10(14,15)16/h5,7-8,17H,3-4H2,1-2H3. The lowest BCUT2D eigenvalue weighted by Crippen LogP contribution is -2.45. The molecular formula is C10H14F6N4. The van der Waals surface area contributed by atoms with Gasteiger partial charge in [-0.15, -0.1) is 5.10 Å². The Labute approximate surface area is 111 Å². The SMILES string of the molecule is CCCn1nncc1C(NC)C(C(F)(F)F)C(F)(F)F. The smallest absolute Gasteiger partial charge is 0.311 e. The molecule has 0 aromatic carbocycles. The van der Waals surface area contributed by atoms with Crippen molar-refractivity contribution in [2.75, 3.05) is 7.05 Å². The Morgan fingerprint density at radius 2 is 1.75 bits per heavy atom. The van der Waals surface area contributed by atoms with Crippen LogP contribution in [0.4, 0.5) is 26.3 Å². The first kappa shape index (κ1) is 16.7. The molecule has 0 spiro atoms. The third kappa shape index (κ3) is 3.62. The number of hydrogen-bond donors (Lipinski definition) is 1. The van der Waals surface area contributed by atoms with Gasteiger partial charge in [-0.3, -0.25) is 0 Å². The lowest BCUT2D eigenvalue weighted by atomic mass is 9.95. The van der Waals surface area contributed by atoms with Crippen LogP contribution < -0.4 is 5.32 Å². The molecular weight excluding hydrogens is 290 g/mol. The van der Waals surface area contributed by atoms with Crippen molar-refractivity contribution in [3.8, 4) is 0 Å². The summed E-state index contributed by atoms with van der Waals surface area (Å²) < 4.78 is 77.6. The van der Waals surface area contributed by atoms with Gasteiger partial charge in [0.15, 0.2) is 5.92 Å². The maximum absolute atomic E-state index is 12.8. The topological polar surface area (TPSA) is 42.7 Å². The molecule has 0 aliphatic carbocycles. The fraction of sp³-hybridized carbons (Fsp3) is 0.800. The summed E-state index contributed by atoms with van der Waals surface area (Å²) in [7, 11) is 1.04. The van der Waals surface area contributed by atoms with E-state index in [1.807, 2.05) is 0 Å². The van der Waals surface area contributed by atoms with E-state index in [4.69, 9.17) is 0 Å². The lowest BCUT2D eigenvalue weighted by Gasteiger charge is -2.30. The molecule has 4 nitrogen and oxygen atoms in total. The van der Waals surface area contributed by atoms with Crippen molar-refractivity contribution < 1.29 is 26.3 Å². The van der Waals surface area contributed by atoms with Crippen molar-refractivity contribution in [2.24, 2.45) is 5.92 Å². The molecule has 1 heterocycles. The molecule has 1 rings (SSSR count). The van der Waals surface area contributed by atoms with E-state index >= 15 is 0 Å². The van der Waals surface area contributed by atoms with E-state index in [0.717, 1.165) is 17.9 Å². The summed E-state index contributed by atoms with van der Waals surface area (Å²) in [4.78, 5) is 0. The second-order valence-electron chi connectivity index (χ2n) is 4.21. The van der Waals surface area contributed by atoms with Crippen molar-refractivity contribution in [3.05, 3.63) is 11.9 Å². The number of rotatable bonds is 5. The molecule has 116 valence electrons. The number of nitrogens with zero attached hydrogens (tertiary/aromatic N) is 3. The highest BCUT2D eigenvalue weighted by molar-refractivity contribution is 5.07. The Bertz CT molecular complexity index is 410. The fourth-order valence-corrected chi connectivity index (χ4v) is 1.94. The summed E-state index contributed by atoms with van der Waals surface area (Å²) in [5, 5.41) is 8.98. The van der Waals surface area contributed by atoms with E-state index < -0.39 is 24.3 Å². The van der Waals surface area contributed by atoms with E-state index in [0.29, 0.717) is 6.42 Å². The minimum absolute atomic E-state index is 0.190. The van der Waals surface area contributed by atoms with Crippen LogP contribution >= 0.6 is 0 Å². The van der Waals surface area contributed by atoms with Gasteiger partial charge in [-0.1, -0.05) is 12.1 Å². The predicted octanol–water partition coefficient (Wildman–Crippen LogP) is 2.69. The highest BCUT2D eigenvalue weighted by atomic mass is 19.4. The Balaban J connectivity index is 3.24. The van der Waals surface area contributed by atoms with Crippen LogP contribution in [0.3, 0.4) is 0 Å². The van der Waals surface area contributed by atoms with E-state index in [2.05, 4.69) is 15.6 Å². The van der Waals surface area contributed by atoms with Crippen LogP contribution in [0.2, 0.25) is 0 Å². The largest absolute Gasteiger partial charge is 0.402 e. The molecule has 0 saturated carbocycles. The predicted molar refractivity (Wildman–Crippen MR) is 57.7 cm³/mol. The Kier molecular flexibility index (Phi) is 5.00. The van der Waals surface area contributed by atoms with Gasteiger partial charge in [-0.05, 0) is 13.5 Å². The van der Waals surface area contributed by atoms with Crippen LogP contribution in [0.25, 0.3) is 0 Å². The van der Waals surface area contributed by atoms with Gasteiger partial charge in [0, 0.05) is 6.54 Å². The van der Waals surface area contributed by atoms with Crippen LogP contribution in [-0.4, -0.2) is 34.4 Å². The molecule has 1 aromatic heterocycles. The molecule has 20 heavy (non-hydrogen) atoms. The summed E-state index contributed by atoms with van der Waals surface area (Å²) in [6.07, 6.45) is -9.42. The van der Waals surface area contributed by atoms with Gasteiger partial charge in [-0.25, -0.2) is 4.68 Å². The first-order valence-electron chi connectivity index (χ1n) is 5.82. The number of aromatic nitrogens is 3. The molecule has 0 amide bonds. The summed E-state index contributed by atoms with van der Waals surface area (Å²) in [6, 6.07) is -1.99. The summed E-state index contributed by atoms with van der Waals surface area (Å²) >= 11 is 0. The lowest BCUT2D eigenvalue weighted by molar-refractivity contribution is -0.292. The second-order valence-corrected chi connectivity index (χ2v) is 4.21. The van der Waals surface area contributed by atoms with Crippen molar-refractivity contribution >= 4 is 0 Å². The summed E-state index contributed by atoms with van der Waals surface area (Å²) in [5.74, 6) is -3.52. The highest BCUT2D eigenvalue weighted by Crippen LogP contribution is 2.46. The minimum atomic E-state index is -5.42. The Morgan fingerprint density at radius 3 is 2.15 bits per heavy atom. The van der Waals surface area contributed by atoms with E-state index in [9.17, 15) is 26.3 Å². The average molecular weight is 304 g/mol. The third-order valence-electron chi connectivity index (χ3n) is 2.75. The van der Waals surface area contributed by atoms with Crippen LogP contribution in [0.15, 0.2) is 6.20 Å². The van der Waals surface area contributed by atoms with E-state index in [1.54, 1.807) is 6.92 Å². The molecule has 0 fully saturated rings. The zero-order valence-electron chi connectivity index (χ0n) is 10.8. The van der Waals surface area contributed by atoms with Gasteiger partial charge >= 0.3 is 12.4 Å². The van der Waals surface area contributed by atoms with E-state index in [1.165, 1.54) is 0 Å². The summed E-state index contributed by atoms with van der Waals surface area (Å²) in [6.45, 7) is 1.92. The molecule has 1 unspecified atom stereocenters. The molecule has 10 heteroatoms. The molecule has 0 bridgehead atoms. The number of halogens is 6. The molecule has 0 aliphatic heterocycles. The first-order chi connectivity index (χ1) is 9.12. The number of nitrogens with one attached hydrogen (secondary N) is 1. The van der Waals surface area contributed by atoms with Crippen LogP contribution in [-0.2, 0) is 6.54 Å².